The molecule has 0 bridgehead atoms. The van der Waals surface area contributed by atoms with Gasteiger partial charge < -0.3 is 14.3 Å². The molecule has 1 amide bonds. The highest BCUT2D eigenvalue weighted by molar-refractivity contribution is 7.22. The molecule has 0 aliphatic carbocycles. The van der Waals surface area contributed by atoms with Crippen molar-refractivity contribution in [2.45, 2.75) is 32.7 Å². The number of Topliss-reactive ketones (excluding diaryl/α,β-unsaturated/α-hetero) is 1. The number of ether oxygens (including phenoxy) is 1. The molecule has 7 nitrogen and oxygen atoms in total. The molecule has 1 atom stereocenters. The van der Waals surface area contributed by atoms with Gasteiger partial charge in [0.25, 0.3) is 5.91 Å². The van der Waals surface area contributed by atoms with Crippen LogP contribution in [0.2, 0.25) is 0 Å². The molecule has 0 fully saturated rings. The zero-order valence-corrected chi connectivity index (χ0v) is 22.5. The van der Waals surface area contributed by atoms with Gasteiger partial charge in [-0.1, -0.05) is 67.6 Å². The van der Waals surface area contributed by atoms with Crippen LogP contribution in [0.1, 0.15) is 54.4 Å². The summed E-state index contributed by atoms with van der Waals surface area (Å²) in [7, 11) is 0. The molecule has 3 aromatic carbocycles. The maximum Gasteiger partial charge on any atom is 0.296 e. The van der Waals surface area contributed by atoms with Crippen LogP contribution in [0.5, 0.6) is 5.75 Å². The van der Waals surface area contributed by atoms with Gasteiger partial charge in [-0.05, 0) is 54.3 Å². The summed E-state index contributed by atoms with van der Waals surface area (Å²) >= 11 is 1.30. The number of para-hydroxylation sites is 1. The summed E-state index contributed by atoms with van der Waals surface area (Å²) in [5.41, 5.74) is 3.01. The standard InChI is InChI=1S/C31H26N2O5S/c1-4-37-21-13-14-22-25(16-21)39-31(32-22)33-27(19-11-9-18(10-12-19)17(2)3)26(29(35)30(33)36)28(34)24-15-20-7-5-6-8-23(20)38-24/h5-17,27,35H,4H2,1-3H3. The largest absolute Gasteiger partial charge is 0.503 e. The highest BCUT2D eigenvalue weighted by Crippen LogP contribution is 2.45. The van der Waals surface area contributed by atoms with Crippen molar-refractivity contribution in [3.05, 3.63) is 101 Å². The first-order chi connectivity index (χ1) is 18.9. The Labute approximate surface area is 229 Å². The number of nitrogens with zero attached hydrogens (tertiary/aromatic N) is 2. The van der Waals surface area contributed by atoms with Crippen LogP contribution in [0, 0.1) is 0 Å². The van der Waals surface area contributed by atoms with Crippen molar-refractivity contribution >= 4 is 49.3 Å². The molecule has 0 saturated carbocycles. The summed E-state index contributed by atoms with van der Waals surface area (Å²) in [5.74, 6) is -0.761. The van der Waals surface area contributed by atoms with Crippen molar-refractivity contribution in [1.82, 2.24) is 4.98 Å². The van der Waals surface area contributed by atoms with Gasteiger partial charge in [0.15, 0.2) is 16.7 Å². The van der Waals surface area contributed by atoms with Crippen LogP contribution in [0.25, 0.3) is 21.2 Å². The molecular weight excluding hydrogens is 512 g/mol. The van der Waals surface area contributed by atoms with Crippen LogP contribution in [0.3, 0.4) is 0 Å². The van der Waals surface area contributed by atoms with Gasteiger partial charge in [0.2, 0.25) is 5.78 Å². The summed E-state index contributed by atoms with van der Waals surface area (Å²) in [4.78, 5) is 33.6. The predicted molar refractivity (Wildman–Crippen MR) is 152 cm³/mol. The minimum atomic E-state index is -0.883. The minimum absolute atomic E-state index is 0.0365. The Kier molecular flexibility index (Phi) is 6.19. The molecule has 1 aliphatic rings. The van der Waals surface area contributed by atoms with Gasteiger partial charge in [-0.25, -0.2) is 4.98 Å². The van der Waals surface area contributed by atoms with Crippen molar-refractivity contribution in [2.24, 2.45) is 0 Å². The van der Waals surface area contributed by atoms with E-state index in [1.807, 2.05) is 67.6 Å². The number of fused-ring (bicyclic) bond motifs is 2. The Morgan fingerprint density at radius 1 is 1.10 bits per heavy atom. The first-order valence-corrected chi connectivity index (χ1v) is 13.6. The number of aliphatic hydroxyl groups is 1. The lowest BCUT2D eigenvalue weighted by Gasteiger charge is -2.24. The fraction of sp³-hybridized carbons (Fsp3) is 0.194. The maximum absolute atomic E-state index is 13.9. The highest BCUT2D eigenvalue weighted by atomic mass is 32.1. The van der Waals surface area contributed by atoms with E-state index in [-0.39, 0.29) is 11.3 Å². The Morgan fingerprint density at radius 2 is 1.87 bits per heavy atom. The molecule has 0 saturated heterocycles. The molecule has 39 heavy (non-hydrogen) atoms. The molecule has 1 unspecified atom stereocenters. The number of aliphatic hydroxyl groups excluding tert-OH is 1. The zero-order valence-electron chi connectivity index (χ0n) is 21.7. The summed E-state index contributed by atoms with van der Waals surface area (Å²) in [6, 6.07) is 21.3. The number of amides is 1. The van der Waals surface area contributed by atoms with Crippen molar-refractivity contribution < 1.29 is 23.8 Å². The molecule has 2 aromatic heterocycles. The lowest BCUT2D eigenvalue weighted by Crippen LogP contribution is -2.31. The third kappa shape index (κ3) is 4.27. The first kappa shape index (κ1) is 24.9. The van der Waals surface area contributed by atoms with Crippen molar-refractivity contribution in [3.8, 4) is 5.75 Å². The van der Waals surface area contributed by atoms with E-state index >= 15 is 0 Å². The van der Waals surface area contributed by atoms with E-state index in [4.69, 9.17) is 14.1 Å². The van der Waals surface area contributed by atoms with E-state index in [2.05, 4.69) is 13.8 Å². The number of anilines is 1. The van der Waals surface area contributed by atoms with Gasteiger partial charge in [-0.2, -0.15) is 0 Å². The number of ketones is 1. The number of hydrogen-bond acceptors (Lipinski definition) is 7. The zero-order chi connectivity index (χ0) is 27.3. The molecule has 0 spiro atoms. The lowest BCUT2D eigenvalue weighted by atomic mass is 9.93. The van der Waals surface area contributed by atoms with Crippen molar-refractivity contribution in [3.63, 3.8) is 0 Å². The number of thiazole rings is 1. The van der Waals surface area contributed by atoms with Crippen LogP contribution in [-0.4, -0.2) is 28.4 Å². The van der Waals surface area contributed by atoms with E-state index in [1.165, 1.54) is 16.2 Å². The van der Waals surface area contributed by atoms with E-state index in [0.29, 0.717) is 40.1 Å². The molecule has 6 rings (SSSR count). The average Bonchev–Trinajstić information content (AvgIpc) is 3.62. The van der Waals surface area contributed by atoms with Crippen LogP contribution >= 0.6 is 11.3 Å². The van der Waals surface area contributed by atoms with Gasteiger partial charge in [0.05, 0.1) is 28.4 Å². The molecule has 5 aromatic rings. The van der Waals surface area contributed by atoms with Gasteiger partial charge in [0.1, 0.15) is 11.3 Å². The second-order valence-corrected chi connectivity index (χ2v) is 10.7. The normalized spacial score (nSPS) is 15.7. The second-order valence-electron chi connectivity index (χ2n) is 9.70. The summed E-state index contributed by atoms with van der Waals surface area (Å²) in [6.07, 6.45) is 0. The van der Waals surface area contributed by atoms with Crippen LogP contribution < -0.4 is 9.64 Å². The smallest absolute Gasteiger partial charge is 0.296 e. The third-order valence-electron chi connectivity index (χ3n) is 6.89. The van der Waals surface area contributed by atoms with E-state index in [0.717, 1.165) is 15.6 Å². The Bertz CT molecular complexity index is 1730. The summed E-state index contributed by atoms with van der Waals surface area (Å²) < 4.78 is 12.3. The third-order valence-corrected chi connectivity index (χ3v) is 7.90. The summed E-state index contributed by atoms with van der Waals surface area (Å²) in [6.45, 7) is 6.64. The van der Waals surface area contributed by atoms with Gasteiger partial charge in [-0.3, -0.25) is 14.5 Å². The first-order valence-electron chi connectivity index (χ1n) is 12.8. The van der Waals surface area contributed by atoms with E-state index in [1.54, 1.807) is 12.1 Å². The van der Waals surface area contributed by atoms with Gasteiger partial charge in [0, 0.05) is 5.39 Å². The van der Waals surface area contributed by atoms with E-state index < -0.39 is 23.5 Å². The number of rotatable bonds is 7. The monoisotopic (exact) mass is 538 g/mol. The SMILES string of the molecule is CCOc1ccc2nc(N3C(=O)C(O)=C(C(=O)c4cc5ccccc5o4)C3c3ccc(C(C)C)cc3)sc2c1. The average molecular weight is 539 g/mol. The molecular formula is C31H26N2O5S. The molecule has 0 radical (unpaired) electrons. The molecule has 8 heteroatoms. The molecule has 196 valence electrons. The van der Waals surface area contributed by atoms with Gasteiger partial charge >= 0.3 is 0 Å². The summed E-state index contributed by atoms with van der Waals surface area (Å²) in [5, 5.41) is 12.3. The molecule has 3 heterocycles. The topological polar surface area (TPSA) is 92.9 Å². The Morgan fingerprint density at radius 3 is 2.59 bits per heavy atom. The lowest BCUT2D eigenvalue weighted by molar-refractivity contribution is -0.117. The fourth-order valence-electron chi connectivity index (χ4n) is 4.89. The molecule has 1 N–H and O–H groups in total. The number of benzene rings is 3. The number of hydrogen-bond donors (Lipinski definition) is 1. The maximum atomic E-state index is 13.9. The number of furan rings is 1. The van der Waals surface area contributed by atoms with Crippen molar-refractivity contribution in [1.29, 1.82) is 0 Å². The number of aromatic nitrogens is 1. The predicted octanol–water partition coefficient (Wildman–Crippen LogP) is 7.35. The van der Waals surface area contributed by atoms with Crippen LogP contribution in [0.4, 0.5) is 5.13 Å². The van der Waals surface area contributed by atoms with Gasteiger partial charge in [-0.15, -0.1) is 0 Å². The highest BCUT2D eigenvalue weighted by Gasteiger charge is 2.46. The van der Waals surface area contributed by atoms with Crippen LogP contribution in [0.15, 0.2) is 88.5 Å². The minimum Gasteiger partial charge on any atom is -0.503 e. The quantitative estimate of drug-likeness (QED) is 0.218. The Balaban J connectivity index is 1.48. The number of carbonyl (C=O) groups excluding carboxylic acids is 2. The fourth-order valence-corrected chi connectivity index (χ4v) is 5.91. The van der Waals surface area contributed by atoms with E-state index in [9.17, 15) is 14.7 Å². The van der Waals surface area contributed by atoms with Crippen LogP contribution in [-0.2, 0) is 4.79 Å². The molecule has 1 aliphatic heterocycles. The second kappa shape index (κ2) is 9.71. The van der Waals surface area contributed by atoms with Crippen molar-refractivity contribution in [2.75, 3.05) is 11.5 Å². The number of carbonyl (C=O) groups is 2. The Hall–Kier alpha value is -4.43.